The number of alkyl carbamates (subject to hydrolysis) is 1. The summed E-state index contributed by atoms with van der Waals surface area (Å²) in [6.07, 6.45) is -3.70. The minimum absolute atomic E-state index is 0.0625. The summed E-state index contributed by atoms with van der Waals surface area (Å²) in [6, 6.07) is -0.473. The molecule has 2 unspecified atom stereocenters. The summed E-state index contributed by atoms with van der Waals surface area (Å²) < 4.78 is 43.1. The Hall–Kier alpha value is -0.940. The van der Waals surface area contributed by atoms with E-state index in [0.717, 1.165) is 0 Å². The van der Waals surface area contributed by atoms with Gasteiger partial charge in [0.25, 0.3) is 0 Å². The molecule has 0 radical (unpaired) electrons. The van der Waals surface area contributed by atoms with Crippen LogP contribution in [0.25, 0.3) is 0 Å². The van der Waals surface area contributed by atoms with Crippen molar-refractivity contribution in [3.05, 3.63) is 0 Å². The number of aliphatic hydroxyl groups excluding tert-OH is 1. The van der Waals surface area contributed by atoms with Crippen LogP contribution in [0.4, 0.5) is 4.79 Å². The Morgan fingerprint density at radius 3 is 2.88 bits per heavy atom. The van der Waals surface area contributed by atoms with Crippen molar-refractivity contribution in [1.29, 1.82) is 0 Å². The van der Waals surface area contributed by atoms with Crippen molar-refractivity contribution in [1.82, 2.24) is 5.32 Å². The van der Waals surface area contributed by atoms with Gasteiger partial charge in [0.05, 0.1) is 19.3 Å². The first kappa shape index (κ1) is 12.5. The molecule has 0 aromatic rings. The highest BCUT2D eigenvalue weighted by Crippen LogP contribution is 2.23. The fraction of sp³-hybridized carbons (Fsp3) is 0.857. The van der Waals surface area contributed by atoms with Gasteiger partial charge < -0.3 is 19.9 Å². The number of rotatable bonds is 3. The third-order valence-electron chi connectivity index (χ3n) is 2.53. The second kappa shape index (κ2) is 4.38. The molecular weight excluding hydrogens is 258 g/mol. The molecule has 0 aromatic heterocycles. The summed E-state index contributed by atoms with van der Waals surface area (Å²) in [7, 11) is -4.59. The fourth-order valence-corrected chi connectivity index (χ4v) is 2.06. The summed E-state index contributed by atoms with van der Waals surface area (Å²) in [6.45, 7) is -0.492. The number of amides is 1. The molecule has 9 nitrogen and oxygen atoms in total. The largest absolute Gasteiger partial charge is 0.441 e. The molecule has 4 atom stereocenters. The number of carbonyl (C=O) groups is 1. The van der Waals surface area contributed by atoms with Crippen LogP contribution in [0.5, 0.6) is 0 Å². The van der Waals surface area contributed by atoms with Gasteiger partial charge in [-0.3, -0.25) is 4.55 Å². The molecule has 3 N–H and O–H groups in total. The molecule has 0 saturated carbocycles. The molecule has 17 heavy (non-hydrogen) atoms. The van der Waals surface area contributed by atoms with Crippen LogP contribution < -0.4 is 5.32 Å². The Labute approximate surface area is 96.6 Å². The Bertz CT molecular complexity index is 408. The van der Waals surface area contributed by atoms with E-state index >= 15 is 0 Å². The Morgan fingerprint density at radius 2 is 2.24 bits per heavy atom. The topological polar surface area (TPSA) is 131 Å². The van der Waals surface area contributed by atoms with Crippen molar-refractivity contribution in [3.8, 4) is 0 Å². The molecule has 2 aliphatic rings. The predicted molar refractivity (Wildman–Crippen MR) is 50.4 cm³/mol. The van der Waals surface area contributed by atoms with E-state index in [1.807, 2.05) is 0 Å². The number of hydrogen-bond donors (Lipinski definition) is 3. The third-order valence-corrected chi connectivity index (χ3v) is 2.97. The van der Waals surface area contributed by atoms with Gasteiger partial charge >= 0.3 is 16.5 Å². The molecule has 0 aromatic carbocycles. The van der Waals surface area contributed by atoms with Crippen molar-refractivity contribution in [2.75, 3.05) is 13.2 Å². The van der Waals surface area contributed by atoms with Crippen molar-refractivity contribution < 1.29 is 36.5 Å². The van der Waals surface area contributed by atoms with E-state index in [9.17, 15) is 18.3 Å². The zero-order valence-corrected chi connectivity index (χ0v) is 9.29. The number of fused-ring (bicyclic) bond motifs is 1. The minimum Gasteiger partial charge on any atom is -0.441 e. The minimum atomic E-state index is -4.59. The number of ether oxygens (including phenoxy) is 2. The van der Waals surface area contributed by atoms with Gasteiger partial charge in [-0.1, -0.05) is 0 Å². The fourth-order valence-electron chi connectivity index (χ4n) is 1.75. The van der Waals surface area contributed by atoms with E-state index < -0.39 is 47.5 Å². The van der Waals surface area contributed by atoms with Crippen LogP contribution in [0.2, 0.25) is 0 Å². The van der Waals surface area contributed by atoms with Crippen LogP contribution in [0.15, 0.2) is 0 Å². The van der Waals surface area contributed by atoms with Crippen molar-refractivity contribution in [2.45, 2.75) is 24.4 Å². The molecule has 0 bridgehead atoms. The molecule has 0 aliphatic carbocycles. The van der Waals surface area contributed by atoms with Gasteiger partial charge in [-0.2, -0.15) is 8.42 Å². The lowest BCUT2D eigenvalue weighted by Crippen LogP contribution is -2.55. The molecule has 10 heteroatoms. The molecule has 2 saturated heterocycles. The molecular formula is C7H11NO8S. The van der Waals surface area contributed by atoms with E-state index in [1.165, 1.54) is 0 Å². The van der Waals surface area contributed by atoms with Crippen LogP contribution in [-0.4, -0.2) is 61.7 Å². The molecule has 0 spiro atoms. The smallest absolute Gasteiger partial charge is 0.408 e. The third kappa shape index (κ3) is 2.84. The first-order chi connectivity index (χ1) is 7.87. The van der Waals surface area contributed by atoms with Crippen LogP contribution in [-0.2, 0) is 24.1 Å². The summed E-state index contributed by atoms with van der Waals surface area (Å²) in [5, 5.41) is 12.2. The Morgan fingerprint density at radius 1 is 1.53 bits per heavy atom. The number of aliphatic hydroxyl groups is 1. The lowest BCUT2D eigenvalue weighted by atomic mass is 9.99. The van der Waals surface area contributed by atoms with Crippen LogP contribution in [0.3, 0.4) is 0 Å². The van der Waals surface area contributed by atoms with E-state index in [-0.39, 0.29) is 6.61 Å². The molecule has 2 fully saturated rings. The number of hydrogen-bond acceptors (Lipinski definition) is 7. The van der Waals surface area contributed by atoms with E-state index in [2.05, 4.69) is 9.50 Å². The number of carbonyl (C=O) groups excluding carboxylic acids is 1. The predicted octanol–water partition coefficient (Wildman–Crippen LogP) is -1.96. The van der Waals surface area contributed by atoms with Crippen molar-refractivity contribution in [3.63, 3.8) is 0 Å². The standard InChI is InChI=1S/C7H11NO8S/c9-5-4(2-15-17(11,12)13)14-1-3-6(5)16-7(10)8-3/h3-6,9H,1-2H2,(H,8,10)(H,11,12,13)/t3?,4?,5-,6+/m1/s1. The van der Waals surface area contributed by atoms with Gasteiger partial charge in [0.2, 0.25) is 0 Å². The van der Waals surface area contributed by atoms with Gasteiger partial charge in [0.15, 0.2) is 6.10 Å². The molecule has 1 amide bonds. The van der Waals surface area contributed by atoms with Gasteiger partial charge in [-0.15, -0.1) is 0 Å². The lowest BCUT2D eigenvalue weighted by molar-refractivity contribution is -0.141. The molecule has 98 valence electrons. The molecule has 2 heterocycles. The summed E-state index contributed by atoms with van der Waals surface area (Å²) >= 11 is 0. The zero-order valence-electron chi connectivity index (χ0n) is 8.48. The second-order valence-electron chi connectivity index (χ2n) is 3.70. The monoisotopic (exact) mass is 269 g/mol. The van der Waals surface area contributed by atoms with Crippen LogP contribution >= 0.6 is 0 Å². The van der Waals surface area contributed by atoms with Crippen LogP contribution in [0, 0.1) is 0 Å². The highest BCUT2D eigenvalue weighted by atomic mass is 32.3. The van der Waals surface area contributed by atoms with E-state index in [0.29, 0.717) is 0 Å². The SMILES string of the molecule is O=C1NC2COC(COS(=O)(=O)O)[C@@H](O)[C@H]2O1. The quantitative estimate of drug-likeness (QED) is 0.503. The normalized spacial score (nSPS) is 37.2. The van der Waals surface area contributed by atoms with Gasteiger partial charge in [-0.05, 0) is 0 Å². The average Bonchev–Trinajstić information content (AvgIpc) is 2.57. The lowest BCUT2D eigenvalue weighted by Gasteiger charge is -2.33. The summed E-state index contributed by atoms with van der Waals surface area (Å²) in [5.74, 6) is 0. The molecule has 2 rings (SSSR count). The maximum atomic E-state index is 10.9. The summed E-state index contributed by atoms with van der Waals surface area (Å²) in [5.41, 5.74) is 0. The van der Waals surface area contributed by atoms with E-state index in [1.54, 1.807) is 0 Å². The van der Waals surface area contributed by atoms with Crippen molar-refractivity contribution in [2.24, 2.45) is 0 Å². The Balaban J connectivity index is 1.96. The zero-order chi connectivity index (χ0) is 12.6. The highest BCUT2D eigenvalue weighted by Gasteiger charge is 2.47. The Kier molecular flexibility index (Phi) is 3.23. The summed E-state index contributed by atoms with van der Waals surface area (Å²) in [4.78, 5) is 10.9. The van der Waals surface area contributed by atoms with Crippen LogP contribution in [0.1, 0.15) is 0 Å². The number of nitrogens with one attached hydrogen (secondary N) is 1. The maximum Gasteiger partial charge on any atom is 0.408 e. The maximum absolute atomic E-state index is 10.9. The first-order valence-electron chi connectivity index (χ1n) is 4.75. The van der Waals surface area contributed by atoms with Crippen molar-refractivity contribution >= 4 is 16.5 Å². The second-order valence-corrected chi connectivity index (χ2v) is 4.79. The molecule has 2 aliphatic heterocycles. The average molecular weight is 269 g/mol. The van der Waals surface area contributed by atoms with Gasteiger partial charge in [0.1, 0.15) is 12.2 Å². The van der Waals surface area contributed by atoms with Gasteiger partial charge in [-0.25, -0.2) is 8.98 Å². The highest BCUT2D eigenvalue weighted by molar-refractivity contribution is 7.80. The van der Waals surface area contributed by atoms with E-state index in [4.69, 9.17) is 14.0 Å². The van der Waals surface area contributed by atoms with Gasteiger partial charge in [0, 0.05) is 0 Å². The first-order valence-corrected chi connectivity index (χ1v) is 6.12.